The van der Waals surface area contributed by atoms with E-state index in [1.807, 2.05) is 0 Å². The fraction of sp³-hybridized carbons (Fsp3) is 0.222. The highest BCUT2D eigenvalue weighted by Gasteiger charge is 2.18. The van der Waals surface area contributed by atoms with E-state index in [9.17, 15) is 9.59 Å². The molecule has 1 amide bonds. The SMILES string of the molecule is CC(=O)c1ccc(NC(=O)C(C)Oc2ccc3c(c2)OCO3)cc1. The molecule has 0 aliphatic carbocycles. The van der Waals surface area contributed by atoms with Crippen molar-refractivity contribution in [1.82, 2.24) is 0 Å². The van der Waals surface area contributed by atoms with E-state index in [0.29, 0.717) is 28.5 Å². The van der Waals surface area contributed by atoms with Crippen LogP contribution in [-0.2, 0) is 4.79 Å². The van der Waals surface area contributed by atoms with Crippen LogP contribution in [0.3, 0.4) is 0 Å². The van der Waals surface area contributed by atoms with E-state index in [1.165, 1.54) is 6.92 Å². The minimum absolute atomic E-state index is 0.0209. The summed E-state index contributed by atoms with van der Waals surface area (Å²) in [5.41, 5.74) is 1.20. The van der Waals surface area contributed by atoms with Gasteiger partial charge in [-0.05, 0) is 50.2 Å². The molecule has 2 aromatic carbocycles. The van der Waals surface area contributed by atoms with Crippen LogP contribution in [0.1, 0.15) is 24.2 Å². The number of hydrogen-bond donors (Lipinski definition) is 1. The molecule has 24 heavy (non-hydrogen) atoms. The summed E-state index contributed by atoms with van der Waals surface area (Å²) in [6.45, 7) is 3.34. The predicted molar refractivity (Wildman–Crippen MR) is 87.7 cm³/mol. The van der Waals surface area contributed by atoms with Crippen molar-refractivity contribution in [1.29, 1.82) is 0 Å². The largest absolute Gasteiger partial charge is 0.481 e. The van der Waals surface area contributed by atoms with Crippen LogP contribution in [-0.4, -0.2) is 24.6 Å². The molecular weight excluding hydrogens is 310 g/mol. The molecule has 0 bridgehead atoms. The van der Waals surface area contributed by atoms with Crippen molar-refractivity contribution in [2.75, 3.05) is 12.1 Å². The summed E-state index contributed by atoms with van der Waals surface area (Å²) in [6.07, 6.45) is -0.696. The van der Waals surface area contributed by atoms with Crippen LogP contribution in [0.4, 0.5) is 5.69 Å². The summed E-state index contributed by atoms with van der Waals surface area (Å²) in [6, 6.07) is 11.8. The lowest BCUT2D eigenvalue weighted by Crippen LogP contribution is -2.30. The zero-order chi connectivity index (χ0) is 17.1. The fourth-order valence-corrected chi connectivity index (χ4v) is 2.24. The highest BCUT2D eigenvalue weighted by Crippen LogP contribution is 2.35. The molecule has 1 N–H and O–H groups in total. The molecule has 6 nitrogen and oxygen atoms in total. The van der Waals surface area contributed by atoms with Crippen LogP contribution in [0.2, 0.25) is 0 Å². The fourth-order valence-electron chi connectivity index (χ4n) is 2.24. The van der Waals surface area contributed by atoms with Crippen molar-refractivity contribution >= 4 is 17.4 Å². The maximum absolute atomic E-state index is 12.2. The van der Waals surface area contributed by atoms with Crippen molar-refractivity contribution in [3.63, 3.8) is 0 Å². The Labute approximate surface area is 139 Å². The zero-order valence-electron chi connectivity index (χ0n) is 13.4. The summed E-state index contributed by atoms with van der Waals surface area (Å²) < 4.78 is 16.1. The van der Waals surface area contributed by atoms with Crippen molar-refractivity contribution in [2.45, 2.75) is 20.0 Å². The van der Waals surface area contributed by atoms with Gasteiger partial charge in [0, 0.05) is 17.3 Å². The molecule has 0 saturated heterocycles. The van der Waals surface area contributed by atoms with Gasteiger partial charge in [-0.2, -0.15) is 0 Å². The number of Topliss-reactive ketones (excluding diaryl/α,β-unsaturated/α-hetero) is 1. The van der Waals surface area contributed by atoms with E-state index in [1.54, 1.807) is 49.4 Å². The smallest absolute Gasteiger partial charge is 0.265 e. The minimum Gasteiger partial charge on any atom is -0.481 e. The van der Waals surface area contributed by atoms with E-state index in [4.69, 9.17) is 14.2 Å². The van der Waals surface area contributed by atoms with E-state index >= 15 is 0 Å². The van der Waals surface area contributed by atoms with Crippen LogP contribution < -0.4 is 19.5 Å². The molecule has 0 radical (unpaired) electrons. The number of fused-ring (bicyclic) bond motifs is 1. The highest BCUT2D eigenvalue weighted by atomic mass is 16.7. The number of benzene rings is 2. The number of rotatable bonds is 5. The minimum atomic E-state index is -0.696. The van der Waals surface area contributed by atoms with Gasteiger partial charge in [0.1, 0.15) is 5.75 Å². The standard InChI is InChI=1S/C18H17NO5/c1-11(20)13-3-5-14(6-4-13)19-18(21)12(2)24-15-7-8-16-17(9-15)23-10-22-16/h3-9,12H,10H2,1-2H3,(H,19,21). The summed E-state index contributed by atoms with van der Waals surface area (Å²) in [4.78, 5) is 23.5. The average Bonchev–Trinajstić information content (AvgIpc) is 3.03. The molecule has 1 unspecified atom stereocenters. The monoisotopic (exact) mass is 327 g/mol. The molecule has 1 heterocycles. The van der Waals surface area contributed by atoms with Gasteiger partial charge in [-0.3, -0.25) is 9.59 Å². The van der Waals surface area contributed by atoms with E-state index < -0.39 is 6.10 Å². The number of hydrogen-bond acceptors (Lipinski definition) is 5. The summed E-state index contributed by atoms with van der Waals surface area (Å²) in [5.74, 6) is 1.47. The quantitative estimate of drug-likeness (QED) is 0.855. The van der Waals surface area contributed by atoms with Crippen molar-refractivity contribution < 1.29 is 23.8 Å². The van der Waals surface area contributed by atoms with Gasteiger partial charge in [-0.15, -0.1) is 0 Å². The maximum atomic E-state index is 12.2. The molecule has 1 atom stereocenters. The van der Waals surface area contributed by atoms with Gasteiger partial charge in [0.05, 0.1) is 0 Å². The molecule has 1 aliphatic rings. The Morgan fingerprint density at radius 2 is 1.79 bits per heavy atom. The zero-order valence-corrected chi connectivity index (χ0v) is 13.4. The molecule has 3 rings (SSSR count). The first-order chi connectivity index (χ1) is 11.5. The topological polar surface area (TPSA) is 73.9 Å². The van der Waals surface area contributed by atoms with Crippen LogP contribution in [0.25, 0.3) is 0 Å². The van der Waals surface area contributed by atoms with Gasteiger partial charge in [0.15, 0.2) is 23.4 Å². The van der Waals surface area contributed by atoms with Crippen LogP contribution in [0.5, 0.6) is 17.2 Å². The summed E-state index contributed by atoms with van der Waals surface area (Å²) in [7, 11) is 0. The third-order valence-electron chi connectivity index (χ3n) is 3.59. The van der Waals surface area contributed by atoms with Gasteiger partial charge in [0.25, 0.3) is 5.91 Å². The second-order valence-electron chi connectivity index (χ2n) is 5.40. The average molecular weight is 327 g/mol. The second kappa shape index (κ2) is 6.62. The Bertz CT molecular complexity index is 769. The van der Waals surface area contributed by atoms with E-state index in [-0.39, 0.29) is 18.5 Å². The third kappa shape index (κ3) is 3.48. The van der Waals surface area contributed by atoms with E-state index in [0.717, 1.165) is 0 Å². The van der Waals surface area contributed by atoms with Crippen molar-refractivity contribution in [3.8, 4) is 17.2 Å². The Hall–Kier alpha value is -3.02. The molecule has 0 fully saturated rings. The Morgan fingerprint density at radius 1 is 1.08 bits per heavy atom. The van der Waals surface area contributed by atoms with Gasteiger partial charge >= 0.3 is 0 Å². The lowest BCUT2D eigenvalue weighted by molar-refractivity contribution is -0.122. The predicted octanol–water partition coefficient (Wildman–Crippen LogP) is 3.02. The maximum Gasteiger partial charge on any atom is 0.265 e. The van der Waals surface area contributed by atoms with E-state index in [2.05, 4.69) is 5.32 Å². The van der Waals surface area contributed by atoms with Gasteiger partial charge in [-0.25, -0.2) is 0 Å². The number of ketones is 1. The first-order valence-corrected chi connectivity index (χ1v) is 7.51. The lowest BCUT2D eigenvalue weighted by Gasteiger charge is -2.15. The molecule has 0 spiro atoms. The summed E-state index contributed by atoms with van der Waals surface area (Å²) in [5, 5.41) is 2.75. The third-order valence-corrected chi connectivity index (χ3v) is 3.59. The molecule has 124 valence electrons. The Morgan fingerprint density at radius 3 is 2.50 bits per heavy atom. The first-order valence-electron chi connectivity index (χ1n) is 7.51. The Kier molecular flexibility index (Phi) is 4.37. The van der Waals surface area contributed by atoms with Gasteiger partial charge < -0.3 is 19.5 Å². The number of carbonyl (C=O) groups is 2. The van der Waals surface area contributed by atoms with Crippen molar-refractivity contribution in [3.05, 3.63) is 48.0 Å². The molecular formula is C18H17NO5. The number of ether oxygens (including phenoxy) is 3. The molecule has 6 heteroatoms. The lowest BCUT2D eigenvalue weighted by atomic mass is 10.1. The second-order valence-corrected chi connectivity index (χ2v) is 5.40. The normalized spacial score (nSPS) is 13.2. The summed E-state index contributed by atoms with van der Waals surface area (Å²) >= 11 is 0. The van der Waals surface area contributed by atoms with Gasteiger partial charge in [0.2, 0.25) is 6.79 Å². The molecule has 0 saturated carbocycles. The highest BCUT2D eigenvalue weighted by molar-refractivity contribution is 5.96. The van der Waals surface area contributed by atoms with Crippen molar-refractivity contribution in [2.24, 2.45) is 0 Å². The molecule has 0 aromatic heterocycles. The number of carbonyl (C=O) groups excluding carboxylic acids is 2. The van der Waals surface area contributed by atoms with Gasteiger partial charge in [-0.1, -0.05) is 0 Å². The Balaban J connectivity index is 1.61. The molecule has 1 aliphatic heterocycles. The first kappa shape index (κ1) is 15.9. The number of amides is 1. The van der Waals surface area contributed by atoms with Crippen LogP contribution >= 0.6 is 0 Å². The number of anilines is 1. The van der Waals surface area contributed by atoms with Crippen LogP contribution in [0, 0.1) is 0 Å². The number of nitrogens with one attached hydrogen (secondary N) is 1. The molecule has 2 aromatic rings. The van der Waals surface area contributed by atoms with Crippen LogP contribution in [0.15, 0.2) is 42.5 Å².